The van der Waals surface area contributed by atoms with Gasteiger partial charge in [-0.15, -0.1) is 11.3 Å². The molecule has 0 amide bonds. The summed E-state index contributed by atoms with van der Waals surface area (Å²) in [5.74, 6) is 0.778. The molecule has 2 N–H and O–H groups in total. The monoisotopic (exact) mass is 243 g/mol. The van der Waals surface area contributed by atoms with E-state index in [9.17, 15) is 0 Å². The van der Waals surface area contributed by atoms with Crippen molar-refractivity contribution in [2.75, 3.05) is 0 Å². The maximum absolute atomic E-state index is 6.21. The first-order chi connectivity index (χ1) is 7.25. The Kier molecular flexibility index (Phi) is 4.06. The average Bonchev–Trinajstić information content (AvgIpc) is 2.84. The quantitative estimate of drug-likeness (QED) is 0.854. The van der Waals surface area contributed by atoms with Crippen molar-refractivity contribution in [1.29, 1.82) is 0 Å². The van der Waals surface area contributed by atoms with Crippen molar-refractivity contribution >= 4 is 22.9 Å². The topological polar surface area (TPSA) is 26.0 Å². The van der Waals surface area contributed by atoms with Crippen LogP contribution in [0.25, 0.3) is 0 Å². The van der Waals surface area contributed by atoms with Crippen molar-refractivity contribution in [3.63, 3.8) is 0 Å². The summed E-state index contributed by atoms with van der Waals surface area (Å²) in [7, 11) is 0. The smallest absolute Gasteiger partial charge is 0.0931 e. The Morgan fingerprint density at radius 2 is 2.13 bits per heavy atom. The minimum absolute atomic E-state index is 0.397. The normalized spacial score (nSPS) is 19.6. The lowest BCUT2D eigenvalue weighted by molar-refractivity contribution is 0.411. The lowest BCUT2D eigenvalue weighted by atomic mass is 9.95. The van der Waals surface area contributed by atoms with Gasteiger partial charge in [0.25, 0.3) is 0 Å². The molecule has 84 valence electrons. The molecule has 0 bridgehead atoms. The van der Waals surface area contributed by atoms with E-state index in [1.165, 1.54) is 30.6 Å². The van der Waals surface area contributed by atoms with E-state index in [0.717, 1.165) is 23.1 Å². The van der Waals surface area contributed by atoms with Crippen molar-refractivity contribution in [2.45, 2.75) is 44.6 Å². The molecule has 0 aliphatic heterocycles. The molecule has 1 atom stereocenters. The molecule has 0 spiro atoms. The molecule has 2 rings (SSSR count). The Balaban J connectivity index is 1.77. The third kappa shape index (κ3) is 3.20. The highest BCUT2D eigenvalue weighted by molar-refractivity contribution is 7.16. The second-order valence-corrected chi connectivity index (χ2v) is 6.25. The van der Waals surface area contributed by atoms with E-state index in [1.807, 2.05) is 6.07 Å². The van der Waals surface area contributed by atoms with Gasteiger partial charge < -0.3 is 5.73 Å². The van der Waals surface area contributed by atoms with Gasteiger partial charge in [-0.1, -0.05) is 24.4 Å². The van der Waals surface area contributed by atoms with E-state index in [0.29, 0.717) is 6.04 Å². The number of thiophene rings is 1. The first-order valence-electron chi connectivity index (χ1n) is 5.75. The van der Waals surface area contributed by atoms with Crippen molar-refractivity contribution < 1.29 is 0 Å². The molecule has 0 saturated heterocycles. The molecule has 1 aromatic rings. The maximum atomic E-state index is 6.21. The molecular weight excluding hydrogens is 226 g/mol. The van der Waals surface area contributed by atoms with E-state index >= 15 is 0 Å². The molecule has 1 aliphatic carbocycles. The van der Waals surface area contributed by atoms with Gasteiger partial charge >= 0.3 is 0 Å². The Morgan fingerprint density at radius 1 is 1.40 bits per heavy atom. The van der Waals surface area contributed by atoms with Gasteiger partial charge in [-0.3, -0.25) is 0 Å². The van der Waals surface area contributed by atoms with Gasteiger partial charge in [0.2, 0.25) is 0 Å². The summed E-state index contributed by atoms with van der Waals surface area (Å²) in [6.07, 6.45) is 7.64. The highest BCUT2D eigenvalue weighted by Gasteiger charge is 2.21. The minimum Gasteiger partial charge on any atom is -0.327 e. The third-order valence-electron chi connectivity index (χ3n) is 3.36. The molecule has 15 heavy (non-hydrogen) atoms. The number of rotatable bonds is 4. The predicted molar refractivity (Wildman–Crippen MR) is 67.6 cm³/mol. The zero-order valence-corrected chi connectivity index (χ0v) is 10.5. The van der Waals surface area contributed by atoms with Crippen LogP contribution in [0, 0.1) is 5.92 Å². The number of halogens is 1. The highest BCUT2D eigenvalue weighted by Crippen LogP contribution is 2.29. The fourth-order valence-corrected chi connectivity index (χ4v) is 3.52. The Hall–Kier alpha value is -0.0500. The van der Waals surface area contributed by atoms with Gasteiger partial charge in [0.15, 0.2) is 0 Å². The maximum Gasteiger partial charge on any atom is 0.0931 e. The summed E-state index contributed by atoms with van der Waals surface area (Å²) in [6.45, 7) is 0. The Labute approximate surface area is 101 Å². The zero-order chi connectivity index (χ0) is 10.7. The summed E-state index contributed by atoms with van der Waals surface area (Å²) in [6, 6.07) is 4.49. The second-order valence-electron chi connectivity index (χ2n) is 4.45. The van der Waals surface area contributed by atoms with Crippen LogP contribution in [0.2, 0.25) is 4.34 Å². The van der Waals surface area contributed by atoms with Crippen LogP contribution in [-0.2, 0) is 6.42 Å². The average molecular weight is 244 g/mol. The number of hydrogen-bond acceptors (Lipinski definition) is 2. The van der Waals surface area contributed by atoms with Crippen LogP contribution in [-0.4, -0.2) is 6.04 Å². The van der Waals surface area contributed by atoms with E-state index < -0.39 is 0 Å². The summed E-state index contributed by atoms with van der Waals surface area (Å²) in [5.41, 5.74) is 6.21. The first-order valence-corrected chi connectivity index (χ1v) is 6.95. The van der Waals surface area contributed by atoms with Gasteiger partial charge in [-0.05, 0) is 43.7 Å². The molecule has 1 nitrogen and oxygen atoms in total. The van der Waals surface area contributed by atoms with Crippen LogP contribution < -0.4 is 5.73 Å². The summed E-state index contributed by atoms with van der Waals surface area (Å²) < 4.78 is 0.888. The van der Waals surface area contributed by atoms with Crippen LogP contribution in [0.5, 0.6) is 0 Å². The zero-order valence-electron chi connectivity index (χ0n) is 8.92. The number of hydrogen-bond donors (Lipinski definition) is 1. The van der Waals surface area contributed by atoms with E-state index in [4.69, 9.17) is 17.3 Å². The fraction of sp³-hybridized carbons (Fsp3) is 0.667. The number of nitrogens with two attached hydrogens (primary N) is 1. The summed E-state index contributed by atoms with van der Waals surface area (Å²) in [4.78, 5) is 1.37. The lowest BCUT2D eigenvalue weighted by Gasteiger charge is -2.17. The van der Waals surface area contributed by atoms with Gasteiger partial charge in [0.05, 0.1) is 4.34 Å². The van der Waals surface area contributed by atoms with Crippen LogP contribution in [0.15, 0.2) is 12.1 Å². The molecule has 1 unspecified atom stereocenters. The second kappa shape index (κ2) is 5.33. The number of aryl methyl sites for hydroxylation is 1. The SMILES string of the molecule is NC(CCc1ccc(Cl)s1)C1CCCC1. The van der Waals surface area contributed by atoms with Crippen LogP contribution >= 0.6 is 22.9 Å². The standard InChI is InChI=1S/C12H18ClNS/c13-12-8-6-10(15-12)5-7-11(14)9-3-1-2-4-9/h6,8-9,11H,1-5,7,14H2. The Bertz CT molecular complexity index is 304. The van der Waals surface area contributed by atoms with E-state index in [-0.39, 0.29) is 0 Å². The molecule has 1 aliphatic rings. The lowest BCUT2D eigenvalue weighted by Crippen LogP contribution is -2.28. The molecule has 1 heterocycles. The first kappa shape index (κ1) is 11.4. The van der Waals surface area contributed by atoms with E-state index in [2.05, 4.69) is 6.07 Å². The van der Waals surface area contributed by atoms with Crippen LogP contribution in [0.3, 0.4) is 0 Å². The van der Waals surface area contributed by atoms with Crippen molar-refractivity contribution in [3.05, 3.63) is 21.3 Å². The molecule has 0 radical (unpaired) electrons. The molecule has 3 heteroatoms. The largest absolute Gasteiger partial charge is 0.327 e. The van der Waals surface area contributed by atoms with Gasteiger partial charge in [0.1, 0.15) is 0 Å². The van der Waals surface area contributed by atoms with Crippen molar-refractivity contribution in [1.82, 2.24) is 0 Å². The minimum atomic E-state index is 0.397. The van der Waals surface area contributed by atoms with Gasteiger partial charge in [-0.2, -0.15) is 0 Å². The van der Waals surface area contributed by atoms with E-state index in [1.54, 1.807) is 11.3 Å². The highest BCUT2D eigenvalue weighted by atomic mass is 35.5. The van der Waals surface area contributed by atoms with Gasteiger partial charge in [-0.25, -0.2) is 0 Å². The molecule has 1 aromatic heterocycles. The third-order valence-corrected chi connectivity index (χ3v) is 4.65. The van der Waals surface area contributed by atoms with Gasteiger partial charge in [0, 0.05) is 10.9 Å². The predicted octanol–water partition coefficient (Wildman–Crippen LogP) is 3.85. The molecular formula is C12H18ClNS. The van der Waals surface area contributed by atoms with Crippen LogP contribution in [0.4, 0.5) is 0 Å². The molecule has 0 aromatic carbocycles. The summed E-state index contributed by atoms with van der Waals surface area (Å²) in [5, 5.41) is 0. The summed E-state index contributed by atoms with van der Waals surface area (Å²) >= 11 is 7.57. The molecule has 1 saturated carbocycles. The van der Waals surface area contributed by atoms with Crippen LogP contribution in [0.1, 0.15) is 37.0 Å². The van der Waals surface area contributed by atoms with Crippen molar-refractivity contribution in [3.8, 4) is 0 Å². The Morgan fingerprint density at radius 3 is 2.73 bits per heavy atom. The van der Waals surface area contributed by atoms with Crippen molar-refractivity contribution in [2.24, 2.45) is 11.7 Å². The molecule has 1 fully saturated rings. The fourth-order valence-electron chi connectivity index (χ4n) is 2.42.